The minimum absolute atomic E-state index is 0.129. The van der Waals surface area contributed by atoms with Crippen LogP contribution in [0.25, 0.3) is 0 Å². The van der Waals surface area contributed by atoms with Crippen LogP contribution in [0.5, 0.6) is 0 Å². The van der Waals surface area contributed by atoms with Crippen LogP contribution < -0.4 is 0 Å². The second-order valence-electron chi connectivity index (χ2n) is 12.7. The van der Waals surface area contributed by atoms with E-state index in [4.69, 9.17) is 0 Å². The summed E-state index contributed by atoms with van der Waals surface area (Å²) in [7, 11) is 0. The van der Waals surface area contributed by atoms with Gasteiger partial charge in [-0.25, -0.2) is 4.39 Å². The number of aliphatic hydroxyl groups excluding tert-OH is 1. The first-order chi connectivity index (χ1) is 13.7. The SMILES string of the molecule is CC(C)CCC[C@@H](C)[C@H]1CC[C@H]2[C@@H]3CCC4C[C@@H](O)[C@H](F)C[C@]4(C)[C@H]3CC[C@]12C. The largest absolute Gasteiger partial charge is 0.390 e. The molecular formula is C27H47FO. The van der Waals surface area contributed by atoms with Crippen molar-refractivity contribution in [3.05, 3.63) is 0 Å². The lowest BCUT2D eigenvalue weighted by molar-refractivity contribution is -0.147. The maximum Gasteiger partial charge on any atom is 0.126 e. The van der Waals surface area contributed by atoms with Gasteiger partial charge in [-0.3, -0.25) is 0 Å². The summed E-state index contributed by atoms with van der Waals surface area (Å²) in [5.41, 5.74) is 0.648. The summed E-state index contributed by atoms with van der Waals surface area (Å²) >= 11 is 0. The molecule has 0 saturated heterocycles. The molecule has 168 valence electrons. The minimum Gasteiger partial charge on any atom is -0.390 e. The van der Waals surface area contributed by atoms with E-state index in [-0.39, 0.29) is 5.41 Å². The molecule has 4 fully saturated rings. The Hall–Kier alpha value is -0.110. The van der Waals surface area contributed by atoms with Crippen molar-refractivity contribution in [1.29, 1.82) is 0 Å². The van der Waals surface area contributed by atoms with Crippen molar-refractivity contribution < 1.29 is 9.50 Å². The van der Waals surface area contributed by atoms with E-state index in [2.05, 4.69) is 34.6 Å². The van der Waals surface area contributed by atoms with Crippen LogP contribution in [0.2, 0.25) is 0 Å². The highest BCUT2D eigenvalue weighted by Gasteiger charge is 2.61. The van der Waals surface area contributed by atoms with Gasteiger partial charge in [0.05, 0.1) is 6.10 Å². The van der Waals surface area contributed by atoms with E-state index >= 15 is 0 Å². The fourth-order valence-electron chi connectivity index (χ4n) is 9.26. The summed E-state index contributed by atoms with van der Waals surface area (Å²) in [5, 5.41) is 10.1. The lowest BCUT2D eigenvalue weighted by Gasteiger charge is -2.61. The Labute approximate surface area is 179 Å². The van der Waals surface area contributed by atoms with Gasteiger partial charge in [-0.2, -0.15) is 0 Å². The van der Waals surface area contributed by atoms with Crippen LogP contribution in [0.1, 0.15) is 105 Å². The number of halogens is 1. The van der Waals surface area contributed by atoms with E-state index in [9.17, 15) is 9.50 Å². The molecule has 4 rings (SSSR count). The van der Waals surface area contributed by atoms with E-state index in [1.54, 1.807) is 0 Å². The van der Waals surface area contributed by atoms with Crippen molar-refractivity contribution in [3.63, 3.8) is 0 Å². The normalized spacial score (nSPS) is 50.7. The van der Waals surface area contributed by atoms with E-state index in [0.29, 0.717) is 30.1 Å². The average molecular weight is 407 g/mol. The molecule has 29 heavy (non-hydrogen) atoms. The van der Waals surface area contributed by atoms with E-state index in [1.807, 2.05) is 0 Å². The number of fused-ring (bicyclic) bond motifs is 5. The summed E-state index contributed by atoms with van der Waals surface area (Å²) in [6.07, 6.45) is 11.9. The predicted molar refractivity (Wildman–Crippen MR) is 119 cm³/mol. The highest BCUT2D eigenvalue weighted by atomic mass is 19.1. The third-order valence-corrected chi connectivity index (χ3v) is 10.8. The first-order valence-corrected chi connectivity index (χ1v) is 13.0. The van der Waals surface area contributed by atoms with Gasteiger partial charge in [-0.05, 0) is 104 Å². The van der Waals surface area contributed by atoms with Gasteiger partial charge in [-0.15, -0.1) is 0 Å². The van der Waals surface area contributed by atoms with Crippen LogP contribution in [-0.2, 0) is 0 Å². The molecule has 0 bridgehead atoms. The van der Waals surface area contributed by atoms with Crippen molar-refractivity contribution in [1.82, 2.24) is 0 Å². The third-order valence-electron chi connectivity index (χ3n) is 10.8. The van der Waals surface area contributed by atoms with Gasteiger partial charge in [0.2, 0.25) is 0 Å². The minimum atomic E-state index is -0.999. The first-order valence-electron chi connectivity index (χ1n) is 13.0. The number of hydrogen-bond acceptors (Lipinski definition) is 1. The van der Waals surface area contributed by atoms with E-state index in [0.717, 1.165) is 29.6 Å². The summed E-state index contributed by atoms with van der Waals surface area (Å²) in [6.45, 7) is 12.3. The van der Waals surface area contributed by atoms with Crippen LogP contribution in [0.4, 0.5) is 4.39 Å². The van der Waals surface area contributed by atoms with Crippen LogP contribution in [0.15, 0.2) is 0 Å². The smallest absolute Gasteiger partial charge is 0.126 e. The zero-order valence-electron chi connectivity index (χ0n) is 19.8. The van der Waals surface area contributed by atoms with Crippen LogP contribution in [0.3, 0.4) is 0 Å². The maximum atomic E-state index is 14.6. The van der Waals surface area contributed by atoms with Gasteiger partial charge in [0, 0.05) is 0 Å². The Balaban J connectivity index is 1.47. The summed E-state index contributed by atoms with van der Waals surface area (Å²) < 4.78 is 14.6. The predicted octanol–water partition coefficient (Wildman–Crippen LogP) is 7.42. The fraction of sp³-hybridized carbons (Fsp3) is 1.00. The zero-order valence-corrected chi connectivity index (χ0v) is 19.8. The lowest BCUT2D eigenvalue weighted by atomic mass is 9.44. The molecule has 4 aliphatic carbocycles. The molecule has 1 N–H and O–H groups in total. The Morgan fingerprint density at radius 1 is 0.931 bits per heavy atom. The molecule has 1 nitrogen and oxygen atoms in total. The molecule has 4 saturated carbocycles. The van der Waals surface area contributed by atoms with Crippen molar-refractivity contribution >= 4 is 0 Å². The second-order valence-corrected chi connectivity index (χ2v) is 12.7. The molecule has 0 aromatic heterocycles. The monoisotopic (exact) mass is 406 g/mol. The summed E-state index contributed by atoms with van der Waals surface area (Å²) in [4.78, 5) is 0. The molecule has 0 spiro atoms. The molecule has 0 aliphatic heterocycles. The quantitative estimate of drug-likeness (QED) is 0.504. The van der Waals surface area contributed by atoms with Gasteiger partial charge >= 0.3 is 0 Å². The van der Waals surface area contributed by atoms with Crippen molar-refractivity contribution in [2.24, 2.45) is 52.3 Å². The van der Waals surface area contributed by atoms with Gasteiger partial charge in [0.1, 0.15) is 6.17 Å². The number of rotatable bonds is 5. The highest BCUT2D eigenvalue weighted by molar-refractivity contribution is 5.10. The van der Waals surface area contributed by atoms with Crippen molar-refractivity contribution in [2.75, 3.05) is 0 Å². The molecule has 0 aromatic rings. The third kappa shape index (κ3) is 3.72. The van der Waals surface area contributed by atoms with Crippen LogP contribution in [0, 0.1) is 52.3 Å². The standard InChI is InChI=1S/C27H47FO/c1-17(2)7-6-8-18(3)21-11-12-22-20-10-9-19-15-25(29)24(28)16-27(19,5)23(20)13-14-26(21,22)4/h17-25,29H,6-16H2,1-5H3/t18-,19?,20+,21-,22+,23+,24-,25-,26-,27+/m1/s1. The van der Waals surface area contributed by atoms with Crippen molar-refractivity contribution in [3.8, 4) is 0 Å². The second kappa shape index (κ2) is 8.10. The van der Waals surface area contributed by atoms with Crippen molar-refractivity contribution in [2.45, 2.75) is 118 Å². The van der Waals surface area contributed by atoms with Gasteiger partial charge in [0.15, 0.2) is 0 Å². The zero-order chi connectivity index (χ0) is 21.0. The van der Waals surface area contributed by atoms with Gasteiger partial charge in [-0.1, -0.05) is 53.9 Å². The lowest BCUT2D eigenvalue weighted by Crippen LogP contribution is -2.56. The van der Waals surface area contributed by atoms with Crippen LogP contribution in [-0.4, -0.2) is 17.4 Å². The molecule has 0 aromatic carbocycles. The Morgan fingerprint density at radius 3 is 2.38 bits per heavy atom. The molecule has 0 radical (unpaired) electrons. The number of alkyl halides is 1. The topological polar surface area (TPSA) is 20.2 Å². The van der Waals surface area contributed by atoms with E-state index < -0.39 is 12.3 Å². The Bertz CT molecular complexity index is 575. The highest BCUT2D eigenvalue weighted by Crippen LogP contribution is 2.68. The summed E-state index contributed by atoms with van der Waals surface area (Å²) in [6, 6.07) is 0. The fourth-order valence-corrected chi connectivity index (χ4v) is 9.26. The van der Waals surface area contributed by atoms with Gasteiger partial charge in [0.25, 0.3) is 0 Å². The Morgan fingerprint density at radius 2 is 1.66 bits per heavy atom. The molecule has 4 aliphatic rings. The molecule has 0 amide bonds. The molecule has 1 unspecified atom stereocenters. The van der Waals surface area contributed by atoms with Crippen LogP contribution >= 0.6 is 0 Å². The first kappa shape index (κ1) is 22.1. The molecule has 0 heterocycles. The average Bonchev–Trinajstić information content (AvgIpc) is 3.00. The molecule has 10 atom stereocenters. The molecular weight excluding hydrogens is 359 g/mol. The number of aliphatic hydroxyl groups is 1. The Kier molecular flexibility index (Phi) is 6.17. The maximum absolute atomic E-state index is 14.6. The number of hydrogen-bond donors (Lipinski definition) is 1. The van der Waals surface area contributed by atoms with Gasteiger partial charge < -0.3 is 5.11 Å². The summed E-state index contributed by atoms with van der Waals surface area (Å²) in [5.74, 6) is 5.49. The van der Waals surface area contributed by atoms with E-state index in [1.165, 1.54) is 57.8 Å². The molecule has 2 heteroatoms.